The van der Waals surface area contributed by atoms with E-state index in [9.17, 15) is 4.79 Å². The maximum atomic E-state index is 12.7. The number of nitrogens with zero attached hydrogens (tertiary/aromatic N) is 2. The monoisotopic (exact) mass is 375 g/mol. The molecule has 1 aliphatic rings. The molecule has 142 valence electrons. The molecule has 3 aromatic rings. The Bertz CT molecular complexity index is 1010. The van der Waals surface area contributed by atoms with Gasteiger partial charge < -0.3 is 14.8 Å². The summed E-state index contributed by atoms with van der Waals surface area (Å²) >= 11 is 0. The summed E-state index contributed by atoms with van der Waals surface area (Å²) in [7, 11) is 3.24. The summed E-state index contributed by atoms with van der Waals surface area (Å²) in [6.07, 6.45) is 2.68. The van der Waals surface area contributed by atoms with Crippen LogP contribution in [-0.4, -0.2) is 30.0 Å². The normalized spacial score (nSPS) is 15.6. The second-order valence-corrected chi connectivity index (χ2v) is 6.68. The molecule has 28 heavy (non-hydrogen) atoms. The van der Waals surface area contributed by atoms with Crippen molar-refractivity contribution >= 4 is 17.4 Å². The first-order chi connectivity index (χ1) is 13.7. The van der Waals surface area contributed by atoms with Crippen molar-refractivity contribution in [1.29, 1.82) is 0 Å². The van der Waals surface area contributed by atoms with Crippen molar-refractivity contribution in [2.24, 2.45) is 0 Å². The lowest BCUT2D eigenvalue weighted by atomic mass is 9.82. The molecule has 4 rings (SSSR count). The molecule has 6 nitrogen and oxygen atoms in total. The highest BCUT2D eigenvalue weighted by Gasteiger charge is 2.30. The maximum Gasteiger partial charge on any atom is 0.227 e. The van der Waals surface area contributed by atoms with E-state index in [4.69, 9.17) is 9.47 Å². The van der Waals surface area contributed by atoms with Gasteiger partial charge in [0.1, 0.15) is 11.5 Å². The van der Waals surface area contributed by atoms with E-state index in [1.165, 1.54) is 0 Å². The van der Waals surface area contributed by atoms with Crippen LogP contribution in [0.25, 0.3) is 0 Å². The van der Waals surface area contributed by atoms with Crippen molar-refractivity contribution in [2.75, 3.05) is 19.5 Å². The molecule has 6 heteroatoms. The highest BCUT2D eigenvalue weighted by molar-refractivity contribution is 5.98. The second kappa shape index (κ2) is 7.68. The van der Waals surface area contributed by atoms with E-state index in [1.807, 2.05) is 48.5 Å². The van der Waals surface area contributed by atoms with Crippen LogP contribution < -0.4 is 14.8 Å². The van der Waals surface area contributed by atoms with E-state index in [0.29, 0.717) is 24.4 Å². The first-order valence-corrected chi connectivity index (χ1v) is 9.11. The number of carbonyl (C=O) groups excluding carboxylic acids is 1. The summed E-state index contributed by atoms with van der Waals surface area (Å²) in [4.78, 5) is 21.6. The molecule has 0 saturated heterocycles. The Hall–Kier alpha value is -3.41. The number of rotatable bonds is 5. The van der Waals surface area contributed by atoms with E-state index < -0.39 is 0 Å². The molecule has 0 aliphatic heterocycles. The molecule has 1 aromatic heterocycles. The number of hydrogen-bond donors (Lipinski definition) is 1. The summed E-state index contributed by atoms with van der Waals surface area (Å²) in [5, 5.41) is 3.19. The number of carbonyl (C=O) groups is 1. The van der Waals surface area contributed by atoms with Crippen molar-refractivity contribution in [1.82, 2.24) is 9.97 Å². The van der Waals surface area contributed by atoms with Crippen LogP contribution in [0.5, 0.6) is 11.5 Å². The van der Waals surface area contributed by atoms with Crippen LogP contribution in [0.3, 0.4) is 0 Å². The summed E-state index contributed by atoms with van der Waals surface area (Å²) in [5.74, 6) is 1.98. The van der Waals surface area contributed by atoms with E-state index in [2.05, 4.69) is 15.3 Å². The van der Waals surface area contributed by atoms with Crippen LogP contribution in [0.15, 0.2) is 54.7 Å². The SMILES string of the molecule is COc1ccc([C@H]2CC(=O)c3cnc(Nc4ccccc4)nc3C2)c(OC)c1. The minimum Gasteiger partial charge on any atom is -0.497 e. The Morgan fingerprint density at radius 2 is 1.86 bits per heavy atom. The Labute approximate surface area is 163 Å². The summed E-state index contributed by atoms with van der Waals surface area (Å²) in [6.45, 7) is 0. The topological polar surface area (TPSA) is 73.3 Å². The van der Waals surface area contributed by atoms with Gasteiger partial charge in [-0.25, -0.2) is 9.97 Å². The summed E-state index contributed by atoms with van der Waals surface area (Å²) in [5.41, 5.74) is 3.24. The third kappa shape index (κ3) is 3.53. The van der Waals surface area contributed by atoms with Crippen molar-refractivity contribution in [3.05, 3.63) is 71.5 Å². The van der Waals surface area contributed by atoms with E-state index in [1.54, 1.807) is 20.4 Å². The van der Waals surface area contributed by atoms with Crippen molar-refractivity contribution in [3.8, 4) is 11.5 Å². The molecule has 2 aromatic carbocycles. The van der Waals surface area contributed by atoms with Crippen molar-refractivity contribution in [3.63, 3.8) is 0 Å². The number of para-hydroxylation sites is 1. The molecular formula is C22H21N3O3. The molecule has 0 fully saturated rings. The number of ether oxygens (including phenoxy) is 2. The Balaban J connectivity index is 1.63. The first-order valence-electron chi connectivity index (χ1n) is 9.11. The number of fused-ring (bicyclic) bond motifs is 1. The molecule has 0 radical (unpaired) electrons. The van der Waals surface area contributed by atoms with Crippen LogP contribution in [0, 0.1) is 0 Å². The van der Waals surface area contributed by atoms with Crippen molar-refractivity contribution < 1.29 is 14.3 Å². The molecule has 0 spiro atoms. The van der Waals surface area contributed by atoms with Gasteiger partial charge in [0, 0.05) is 30.3 Å². The molecule has 1 N–H and O–H groups in total. The zero-order valence-corrected chi connectivity index (χ0v) is 15.8. The quantitative estimate of drug-likeness (QED) is 0.722. The molecule has 0 unspecified atom stereocenters. The number of anilines is 2. The van der Waals surface area contributed by atoms with Crippen molar-refractivity contribution in [2.45, 2.75) is 18.8 Å². The fraction of sp³-hybridized carbons (Fsp3) is 0.227. The molecule has 0 saturated carbocycles. The predicted molar refractivity (Wildman–Crippen MR) is 107 cm³/mol. The highest BCUT2D eigenvalue weighted by Crippen LogP contribution is 2.38. The first kappa shape index (κ1) is 18.0. The summed E-state index contributed by atoms with van der Waals surface area (Å²) in [6, 6.07) is 15.4. The van der Waals surface area contributed by atoms with Gasteiger partial charge in [-0.1, -0.05) is 24.3 Å². The average molecular weight is 375 g/mol. The van der Waals surface area contributed by atoms with Crippen LogP contribution in [0.2, 0.25) is 0 Å². The predicted octanol–water partition coefficient (Wildman–Crippen LogP) is 4.15. The van der Waals surface area contributed by atoms with Gasteiger partial charge >= 0.3 is 0 Å². The van der Waals surface area contributed by atoms with Crippen LogP contribution in [-0.2, 0) is 6.42 Å². The Kier molecular flexibility index (Phi) is 4.93. The smallest absolute Gasteiger partial charge is 0.227 e. The standard InChI is InChI=1S/C22H21N3O3/c1-27-16-8-9-17(21(12-16)28-2)14-10-19-18(20(26)11-14)13-23-22(25-19)24-15-6-4-3-5-7-15/h3-9,12-14H,10-11H2,1-2H3,(H,23,24,25)/t14-/m1/s1. The largest absolute Gasteiger partial charge is 0.497 e. The van der Waals surface area contributed by atoms with Gasteiger partial charge in [-0.05, 0) is 30.2 Å². The fourth-order valence-electron chi connectivity index (χ4n) is 3.53. The van der Waals surface area contributed by atoms with Gasteiger partial charge in [0.05, 0.1) is 25.5 Å². The molecule has 1 heterocycles. The van der Waals surface area contributed by atoms with Gasteiger partial charge in [-0.3, -0.25) is 4.79 Å². The molecule has 1 atom stereocenters. The number of methoxy groups -OCH3 is 2. The lowest BCUT2D eigenvalue weighted by Crippen LogP contribution is -2.21. The lowest BCUT2D eigenvalue weighted by Gasteiger charge is -2.25. The van der Waals surface area contributed by atoms with E-state index in [0.717, 1.165) is 28.4 Å². The Morgan fingerprint density at radius 3 is 2.61 bits per heavy atom. The van der Waals surface area contributed by atoms with Gasteiger partial charge in [-0.2, -0.15) is 0 Å². The minimum atomic E-state index is 0.000307. The highest BCUT2D eigenvalue weighted by atomic mass is 16.5. The fourth-order valence-corrected chi connectivity index (χ4v) is 3.53. The third-order valence-electron chi connectivity index (χ3n) is 4.95. The molecular weight excluding hydrogens is 354 g/mol. The number of benzene rings is 2. The number of aromatic nitrogens is 2. The minimum absolute atomic E-state index is 0.000307. The number of Topliss-reactive ketones (excluding diaryl/α,β-unsaturated/α-hetero) is 1. The van der Waals surface area contributed by atoms with Gasteiger partial charge in [0.25, 0.3) is 0 Å². The zero-order valence-electron chi connectivity index (χ0n) is 15.8. The summed E-state index contributed by atoms with van der Waals surface area (Å²) < 4.78 is 10.8. The zero-order chi connectivity index (χ0) is 19.5. The van der Waals surface area contributed by atoms with Gasteiger partial charge in [0.2, 0.25) is 5.95 Å². The third-order valence-corrected chi connectivity index (χ3v) is 4.95. The van der Waals surface area contributed by atoms with Crippen LogP contribution in [0.1, 0.15) is 34.0 Å². The maximum absolute atomic E-state index is 12.7. The molecule has 0 amide bonds. The van der Waals surface area contributed by atoms with E-state index in [-0.39, 0.29) is 11.7 Å². The number of ketones is 1. The Morgan fingerprint density at radius 1 is 1.04 bits per heavy atom. The van der Waals surface area contributed by atoms with Gasteiger partial charge in [-0.15, -0.1) is 0 Å². The second-order valence-electron chi connectivity index (χ2n) is 6.68. The van der Waals surface area contributed by atoms with Gasteiger partial charge in [0.15, 0.2) is 5.78 Å². The van der Waals surface area contributed by atoms with Crippen LogP contribution in [0.4, 0.5) is 11.6 Å². The van der Waals surface area contributed by atoms with E-state index >= 15 is 0 Å². The molecule has 0 bridgehead atoms. The van der Waals surface area contributed by atoms with Crippen LogP contribution >= 0.6 is 0 Å². The number of hydrogen-bond acceptors (Lipinski definition) is 6. The lowest BCUT2D eigenvalue weighted by molar-refractivity contribution is 0.0962. The number of nitrogens with one attached hydrogen (secondary N) is 1. The average Bonchev–Trinajstić information content (AvgIpc) is 2.73. The molecule has 1 aliphatic carbocycles.